The lowest BCUT2D eigenvalue weighted by atomic mass is 10.1. The Morgan fingerprint density at radius 3 is 2.56 bits per heavy atom. The van der Waals surface area contributed by atoms with Gasteiger partial charge in [-0.1, -0.05) is 12.1 Å². The number of H-pyrrole nitrogens is 1. The van der Waals surface area contributed by atoms with Gasteiger partial charge in [0.2, 0.25) is 11.2 Å². The Morgan fingerprint density at radius 1 is 1.03 bits per heavy atom. The van der Waals surface area contributed by atoms with Gasteiger partial charge in [-0.05, 0) is 30.3 Å². The molecule has 0 bridgehead atoms. The quantitative estimate of drug-likeness (QED) is 0.359. The molecule has 2 aromatic heterocycles. The molecule has 0 saturated heterocycles. The number of aromatic hydroxyl groups is 3. The van der Waals surface area contributed by atoms with Gasteiger partial charge in [0, 0.05) is 24.3 Å². The van der Waals surface area contributed by atoms with Crippen LogP contribution in [-0.2, 0) is 11.3 Å². The van der Waals surface area contributed by atoms with Crippen LogP contribution in [0.2, 0.25) is 0 Å². The number of rotatable bonds is 6. The normalized spacial score (nSPS) is 10.9. The summed E-state index contributed by atoms with van der Waals surface area (Å²) in [4.78, 5) is 20.0. The van der Waals surface area contributed by atoms with Crippen molar-refractivity contribution in [2.45, 2.75) is 6.61 Å². The van der Waals surface area contributed by atoms with Gasteiger partial charge in [0.05, 0.1) is 7.11 Å². The Kier molecular flexibility index (Phi) is 5.57. The van der Waals surface area contributed by atoms with Gasteiger partial charge < -0.3 is 34.2 Å². The van der Waals surface area contributed by atoms with E-state index >= 15 is 0 Å². The number of methoxy groups -OCH3 is 2. The third-order valence-electron chi connectivity index (χ3n) is 4.76. The van der Waals surface area contributed by atoms with Gasteiger partial charge in [-0.25, -0.2) is 4.98 Å². The maximum absolute atomic E-state index is 12.3. The number of phenols is 2. The first-order valence-corrected chi connectivity index (χ1v) is 9.53. The van der Waals surface area contributed by atoms with Crippen LogP contribution in [0.1, 0.15) is 5.76 Å². The highest BCUT2D eigenvalue weighted by atomic mass is 16.5. The second kappa shape index (κ2) is 8.48. The van der Waals surface area contributed by atoms with Crippen molar-refractivity contribution in [2.24, 2.45) is 0 Å². The first-order valence-electron chi connectivity index (χ1n) is 9.53. The Bertz CT molecular complexity index is 1340. The molecule has 2 aromatic carbocycles. The van der Waals surface area contributed by atoms with Crippen molar-refractivity contribution in [3.05, 3.63) is 64.5 Å². The van der Waals surface area contributed by atoms with Gasteiger partial charge in [-0.3, -0.25) is 4.79 Å². The number of nitrogens with zero attached hydrogens (tertiary/aromatic N) is 1. The van der Waals surface area contributed by atoms with Crippen LogP contribution in [0, 0.1) is 0 Å². The molecule has 4 N–H and O–H groups in total. The minimum atomic E-state index is -0.638. The van der Waals surface area contributed by atoms with Crippen LogP contribution in [0.15, 0.2) is 57.7 Å². The SMILES string of the molecule is COCc1cc(=O)c(O)c(-c2[nH]c(-c3cccc(O)c3)nc2-c2ccc(O)c(OC)c2)o1. The van der Waals surface area contributed by atoms with Crippen LogP contribution < -0.4 is 10.2 Å². The van der Waals surface area contributed by atoms with Gasteiger partial charge in [-0.15, -0.1) is 0 Å². The minimum Gasteiger partial charge on any atom is -0.508 e. The van der Waals surface area contributed by atoms with E-state index in [4.69, 9.17) is 13.9 Å². The topological polar surface area (TPSA) is 138 Å². The predicted molar refractivity (Wildman–Crippen MR) is 116 cm³/mol. The molecule has 0 unspecified atom stereocenters. The summed E-state index contributed by atoms with van der Waals surface area (Å²) in [6.45, 7) is 0.0262. The number of imidazole rings is 1. The Labute approximate surface area is 182 Å². The summed E-state index contributed by atoms with van der Waals surface area (Å²) < 4.78 is 16.0. The summed E-state index contributed by atoms with van der Waals surface area (Å²) >= 11 is 0. The first kappa shape index (κ1) is 21.0. The average molecular weight is 436 g/mol. The molecule has 32 heavy (non-hydrogen) atoms. The molecule has 0 spiro atoms. The lowest BCUT2D eigenvalue weighted by molar-refractivity contribution is 0.162. The zero-order valence-corrected chi connectivity index (χ0v) is 17.2. The molecule has 164 valence electrons. The monoisotopic (exact) mass is 436 g/mol. The number of aromatic nitrogens is 2. The number of phenolic OH excluding ortho intramolecular Hbond substituents is 2. The van der Waals surface area contributed by atoms with Gasteiger partial charge in [0.25, 0.3) is 0 Å². The summed E-state index contributed by atoms with van der Waals surface area (Å²) in [5.41, 5.74) is 1.01. The molecular weight excluding hydrogens is 416 g/mol. The van der Waals surface area contributed by atoms with Crippen LogP contribution in [0.4, 0.5) is 0 Å². The molecular formula is C23H20N2O7. The van der Waals surface area contributed by atoms with Crippen LogP contribution >= 0.6 is 0 Å². The van der Waals surface area contributed by atoms with E-state index in [0.29, 0.717) is 22.6 Å². The maximum atomic E-state index is 12.3. The van der Waals surface area contributed by atoms with Crippen molar-refractivity contribution in [3.8, 4) is 57.1 Å². The van der Waals surface area contributed by atoms with Crippen molar-refractivity contribution in [1.82, 2.24) is 9.97 Å². The van der Waals surface area contributed by atoms with Crippen molar-refractivity contribution in [2.75, 3.05) is 14.2 Å². The highest BCUT2D eigenvalue weighted by Crippen LogP contribution is 2.39. The Hall–Kier alpha value is -4.24. The smallest absolute Gasteiger partial charge is 0.227 e. The standard InChI is InChI=1S/C23H20N2O7/c1-30-11-15-10-17(28)21(29)22(32-15)20-19(12-6-7-16(27)18(9-12)31-2)24-23(25-20)13-4-3-5-14(26)8-13/h3-10,26-27,29H,11H2,1-2H3,(H,24,25). The Balaban J connectivity index is 1.99. The van der Waals surface area contributed by atoms with Gasteiger partial charge in [0.15, 0.2) is 17.3 Å². The summed E-state index contributed by atoms with van der Waals surface area (Å²) in [5, 5.41) is 30.3. The Morgan fingerprint density at radius 2 is 1.84 bits per heavy atom. The average Bonchev–Trinajstić information content (AvgIpc) is 3.22. The summed E-state index contributed by atoms with van der Waals surface area (Å²) in [5.74, 6) is 0.0653. The lowest BCUT2D eigenvalue weighted by Crippen LogP contribution is -2.04. The van der Waals surface area contributed by atoms with E-state index in [-0.39, 0.29) is 41.1 Å². The van der Waals surface area contributed by atoms with E-state index in [9.17, 15) is 20.1 Å². The molecule has 2 heterocycles. The van der Waals surface area contributed by atoms with E-state index in [1.165, 1.54) is 32.4 Å². The van der Waals surface area contributed by atoms with Crippen molar-refractivity contribution >= 4 is 0 Å². The molecule has 9 nitrogen and oxygen atoms in total. The summed E-state index contributed by atoms with van der Waals surface area (Å²) in [6, 6.07) is 12.2. The third-order valence-corrected chi connectivity index (χ3v) is 4.76. The van der Waals surface area contributed by atoms with E-state index < -0.39 is 11.2 Å². The highest BCUT2D eigenvalue weighted by molar-refractivity contribution is 5.82. The number of hydrogen-bond donors (Lipinski definition) is 4. The predicted octanol–water partition coefficient (Wildman–Crippen LogP) is 3.64. The molecule has 0 aliphatic rings. The zero-order valence-electron chi connectivity index (χ0n) is 17.2. The van der Waals surface area contributed by atoms with Crippen LogP contribution in [0.3, 0.4) is 0 Å². The molecule has 0 saturated carbocycles. The maximum Gasteiger partial charge on any atom is 0.227 e. The molecule has 0 fully saturated rings. The summed E-state index contributed by atoms with van der Waals surface area (Å²) in [7, 11) is 2.87. The molecule has 0 aliphatic heterocycles. The number of benzene rings is 2. The van der Waals surface area contributed by atoms with Crippen LogP contribution in [0.5, 0.6) is 23.0 Å². The van der Waals surface area contributed by atoms with Crippen LogP contribution in [-0.4, -0.2) is 39.5 Å². The number of hydrogen-bond acceptors (Lipinski definition) is 8. The fraction of sp³-hybridized carbons (Fsp3) is 0.130. The van der Waals surface area contributed by atoms with Crippen molar-refractivity contribution < 1.29 is 29.2 Å². The summed E-state index contributed by atoms with van der Waals surface area (Å²) in [6.07, 6.45) is 0. The molecule has 0 radical (unpaired) electrons. The van der Waals surface area contributed by atoms with E-state index in [2.05, 4.69) is 9.97 Å². The van der Waals surface area contributed by atoms with Crippen molar-refractivity contribution in [1.29, 1.82) is 0 Å². The molecule has 4 rings (SSSR count). The van der Waals surface area contributed by atoms with Gasteiger partial charge in [-0.2, -0.15) is 0 Å². The molecule has 0 atom stereocenters. The second-order valence-electron chi connectivity index (χ2n) is 6.93. The van der Waals surface area contributed by atoms with E-state index in [1.54, 1.807) is 24.3 Å². The number of aromatic amines is 1. The highest BCUT2D eigenvalue weighted by Gasteiger charge is 2.23. The van der Waals surface area contributed by atoms with Gasteiger partial charge in [0.1, 0.15) is 35.3 Å². The van der Waals surface area contributed by atoms with Crippen LogP contribution in [0.25, 0.3) is 34.1 Å². The van der Waals surface area contributed by atoms with Crippen molar-refractivity contribution in [3.63, 3.8) is 0 Å². The molecule has 0 aliphatic carbocycles. The minimum absolute atomic E-state index is 0.0262. The fourth-order valence-electron chi connectivity index (χ4n) is 3.28. The number of ether oxygens (including phenoxy) is 2. The zero-order chi connectivity index (χ0) is 22.8. The van der Waals surface area contributed by atoms with E-state index in [1.807, 2.05) is 0 Å². The molecule has 0 amide bonds. The lowest BCUT2D eigenvalue weighted by Gasteiger charge is -2.08. The largest absolute Gasteiger partial charge is 0.508 e. The first-order chi connectivity index (χ1) is 15.4. The second-order valence-corrected chi connectivity index (χ2v) is 6.93. The fourth-order valence-corrected chi connectivity index (χ4v) is 3.28. The molecule has 4 aromatic rings. The van der Waals surface area contributed by atoms with E-state index in [0.717, 1.165) is 6.07 Å². The number of nitrogens with one attached hydrogen (secondary N) is 1. The van der Waals surface area contributed by atoms with Gasteiger partial charge >= 0.3 is 0 Å². The third kappa shape index (κ3) is 3.88. The molecule has 9 heteroatoms.